The quantitative estimate of drug-likeness (QED) is 0.302. The second-order valence-electron chi connectivity index (χ2n) is 7.43. The van der Waals surface area contributed by atoms with Crippen LogP contribution in [-0.4, -0.2) is 31.3 Å². The molecule has 3 aromatic rings. The summed E-state index contributed by atoms with van der Waals surface area (Å²) in [7, 11) is -3.84. The van der Waals surface area contributed by atoms with Gasteiger partial charge in [0.05, 0.1) is 11.3 Å². The number of benzene rings is 3. The fraction of sp³-hybridized carbons (Fsp3) is 0.125. The molecular formula is C24H23N3O6S2. The zero-order chi connectivity index (χ0) is 25.4. The van der Waals surface area contributed by atoms with Crippen LogP contribution in [0.1, 0.15) is 23.7 Å². The van der Waals surface area contributed by atoms with Crippen molar-refractivity contribution in [2.24, 2.45) is 5.14 Å². The molecule has 35 heavy (non-hydrogen) atoms. The van der Waals surface area contributed by atoms with Gasteiger partial charge < -0.3 is 15.7 Å². The molecule has 11 heteroatoms. The summed E-state index contributed by atoms with van der Waals surface area (Å²) < 4.78 is 22.9. The minimum Gasteiger partial charge on any atom is -0.481 e. The highest BCUT2D eigenvalue weighted by Crippen LogP contribution is 2.36. The van der Waals surface area contributed by atoms with Crippen LogP contribution in [0.5, 0.6) is 0 Å². The van der Waals surface area contributed by atoms with Gasteiger partial charge in [-0.2, -0.15) is 0 Å². The van der Waals surface area contributed by atoms with E-state index in [1.54, 1.807) is 24.3 Å². The molecule has 0 aromatic heterocycles. The number of primary sulfonamides is 1. The van der Waals surface area contributed by atoms with Crippen molar-refractivity contribution >= 4 is 50.9 Å². The first-order valence-electron chi connectivity index (χ1n) is 10.4. The Balaban J connectivity index is 1.73. The van der Waals surface area contributed by atoms with Crippen LogP contribution in [0.3, 0.4) is 0 Å². The van der Waals surface area contributed by atoms with E-state index in [1.165, 1.54) is 36.0 Å². The second-order valence-corrected chi connectivity index (χ2v) is 10.2. The van der Waals surface area contributed by atoms with E-state index in [0.717, 1.165) is 10.5 Å². The molecule has 0 aliphatic rings. The SMILES string of the molecule is NS(=O)(=O)c1ccc(NC(=O)C(Sc2ccc(NC(=O)CCC(=O)O)cc2)c2ccccc2)cc1. The number of thioether (sulfide) groups is 1. The average molecular weight is 514 g/mol. The lowest BCUT2D eigenvalue weighted by Crippen LogP contribution is -2.19. The normalized spacial score (nSPS) is 11.9. The number of rotatable bonds is 10. The van der Waals surface area contributed by atoms with Gasteiger partial charge in [0.15, 0.2) is 0 Å². The maximum absolute atomic E-state index is 13.2. The Morgan fingerprint density at radius 1 is 0.829 bits per heavy atom. The Hall–Kier alpha value is -3.67. The van der Waals surface area contributed by atoms with Crippen molar-refractivity contribution in [3.05, 3.63) is 84.4 Å². The molecule has 0 heterocycles. The van der Waals surface area contributed by atoms with E-state index in [2.05, 4.69) is 10.6 Å². The smallest absolute Gasteiger partial charge is 0.303 e. The third kappa shape index (κ3) is 7.95. The molecule has 5 N–H and O–H groups in total. The van der Waals surface area contributed by atoms with Gasteiger partial charge in [-0.3, -0.25) is 14.4 Å². The van der Waals surface area contributed by atoms with E-state index >= 15 is 0 Å². The molecule has 0 aliphatic heterocycles. The molecule has 1 atom stereocenters. The molecule has 182 valence electrons. The maximum Gasteiger partial charge on any atom is 0.303 e. The summed E-state index contributed by atoms with van der Waals surface area (Å²) in [6, 6.07) is 21.6. The van der Waals surface area contributed by atoms with Gasteiger partial charge in [0.1, 0.15) is 5.25 Å². The molecule has 0 saturated heterocycles. The van der Waals surface area contributed by atoms with Crippen molar-refractivity contribution in [1.29, 1.82) is 0 Å². The first-order chi connectivity index (χ1) is 16.6. The topological polar surface area (TPSA) is 156 Å². The summed E-state index contributed by atoms with van der Waals surface area (Å²) in [5.41, 5.74) is 1.70. The van der Waals surface area contributed by atoms with Crippen LogP contribution in [0.25, 0.3) is 0 Å². The van der Waals surface area contributed by atoms with Crippen molar-refractivity contribution in [3.8, 4) is 0 Å². The Morgan fingerprint density at radius 3 is 1.97 bits per heavy atom. The van der Waals surface area contributed by atoms with Gasteiger partial charge in [0.2, 0.25) is 21.8 Å². The van der Waals surface area contributed by atoms with E-state index in [4.69, 9.17) is 10.2 Å². The Labute approximate surface area is 206 Å². The third-order valence-electron chi connectivity index (χ3n) is 4.75. The molecule has 9 nitrogen and oxygen atoms in total. The summed E-state index contributed by atoms with van der Waals surface area (Å²) >= 11 is 1.30. The van der Waals surface area contributed by atoms with Crippen molar-refractivity contribution in [1.82, 2.24) is 0 Å². The summed E-state index contributed by atoms with van der Waals surface area (Å²) in [5, 5.41) is 18.6. The van der Waals surface area contributed by atoms with Crippen molar-refractivity contribution in [2.45, 2.75) is 27.9 Å². The number of aliphatic carboxylic acids is 1. The largest absolute Gasteiger partial charge is 0.481 e. The number of hydrogen-bond acceptors (Lipinski definition) is 6. The fourth-order valence-corrected chi connectivity index (χ4v) is 4.57. The van der Waals surface area contributed by atoms with Crippen LogP contribution in [0.2, 0.25) is 0 Å². The molecule has 1 unspecified atom stereocenters. The molecule has 0 bridgehead atoms. The molecule has 0 saturated carbocycles. The molecule has 0 fully saturated rings. The lowest BCUT2D eigenvalue weighted by atomic mass is 10.1. The Kier molecular flexibility index (Phi) is 8.63. The molecule has 0 radical (unpaired) electrons. The van der Waals surface area contributed by atoms with E-state index in [9.17, 15) is 22.8 Å². The minimum absolute atomic E-state index is 0.0559. The predicted molar refractivity (Wildman–Crippen MR) is 133 cm³/mol. The average Bonchev–Trinajstić information content (AvgIpc) is 2.82. The lowest BCUT2D eigenvalue weighted by Gasteiger charge is -2.17. The monoisotopic (exact) mass is 513 g/mol. The number of nitrogens with one attached hydrogen (secondary N) is 2. The van der Waals surface area contributed by atoms with Gasteiger partial charge in [-0.05, 0) is 54.1 Å². The first kappa shape index (κ1) is 25.9. The fourth-order valence-electron chi connectivity index (χ4n) is 3.03. The number of sulfonamides is 1. The van der Waals surface area contributed by atoms with Crippen LogP contribution >= 0.6 is 11.8 Å². The Bertz CT molecular complexity index is 1300. The number of amides is 2. The standard InChI is InChI=1S/C24H23N3O6S2/c25-35(32,33)20-12-8-18(9-13-20)27-24(31)23(16-4-2-1-3-5-16)34-19-10-6-17(7-11-19)26-21(28)14-15-22(29)30/h1-13,23H,14-15H2,(H,26,28)(H,27,31)(H,29,30)(H2,25,32,33). The van der Waals surface area contributed by atoms with Crippen molar-refractivity contribution in [2.75, 3.05) is 10.6 Å². The minimum atomic E-state index is -3.84. The molecule has 2 amide bonds. The molecule has 3 aromatic carbocycles. The lowest BCUT2D eigenvalue weighted by molar-refractivity contribution is -0.138. The van der Waals surface area contributed by atoms with Gasteiger partial charge in [0, 0.05) is 22.7 Å². The number of hydrogen-bond donors (Lipinski definition) is 4. The third-order valence-corrected chi connectivity index (χ3v) is 6.94. The van der Waals surface area contributed by atoms with Gasteiger partial charge in [-0.1, -0.05) is 30.3 Å². The summed E-state index contributed by atoms with van der Waals surface area (Å²) in [6.07, 6.45) is -0.376. The van der Waals surface area contributed by atoms with E-state index < -0.39 is 27.1 Å². The van der Waals surface area contributed by atoms with E-state index in [0.29, 0.717) is 11.4 Å². The van der Waals surface area contributed by atoms with E-state index in [1.807, 2.05) is 30.3 Å². The first-order valence-corrected chi connectivity index (χ1v) is 12.8. The summed E-state index contributed by atoms with van der Waals surface area (Å²) in [4.78, 5) is 36.3. The zero-order valence-electron chi connectivity index (χ0n) is 18.4. The van der Waals surface area contributed by atoms with Gasteiger partial charge in [0.25, 0.3) is 0 Å². The van der Waals surface area contributed by atoms with Crippen LogP contribution in [0.15, 0.2) is 88.7 Å². The molecule has 0 spiro atoms. The summed E-state index contributed by atoms with van der Waals surface area (Å²) in [5.74, 6) is -1.75. The second kappa shape index (κ2) is 11.6. The van der Waals surface area contributed by atoms with Crippen LogP contribution < -0.4 is 15.8 Å². The number of anilines is 2. The predicted octanol–water partition coefficient (Wildman–Crippen LogP) is 3.61. The number of carboxylic acids is 1. The summed E-state index contributed by atoms with van der Waals surface area (Å²) in [6.45, 7) is 0. The number of carbonyl (C=O) groups is 3. The van der Waals surface area contributed by atoms with Crippen LogP contribution in [-0.2, 0) is 24.4 Å². The number of nitrogens with two attached hydrogens (primary N) is 1. The zero-order valence-corrected chi connectivity index (χ0v) is 20.0. The van der Waals surface area contributed by atoms with Crippen LogP contribution in [0.4, 0.5) is 11.4 Å². The van der Waals surface area contributed by atoms with Crippen molar-refractivity contribution in [3.63, 3.8) is 0 Å². The Morgan fingerprint density at radius 2 is 1.40 bits per heavy atom. The van der Waals surface area contributed by atoms with Crippen LogP contribution in [0, 0.1) is 0 Å². The van der Waals surface area contributed by atoms with Gasteiger partial charge in [-0.25, -0.2) is 13.6 Å². The van der Waals surface area contributed by atoms with Gasteiger partial charge in [-0.15, -0.1) is 11.8 Å². The molecule has 3 rings (SSSR count). The highest BCUT2D eigenvalue weighted by atomic mass is 32.2. The maximum atomic E-state index is 13.2. The molecule has 0 aliphatic carbocycles. The highest BCUT2D eigenvalue weighted by molar-refractivity contribution is 8.00. The van der Waals surface area contributed by atoms with Gasteiger partial charge >= 0.3 is 5.97 Å². The number of carboxylic acid groups (broad SMARTS) is 1. The number of carbonyl (C=O) groups excluding carboxylic acids is 2. The highest BCUT2D eigenvalue weighted by Gasteiger charge is 2.22. The van der Waals surface area contributed by atoms with E-state index in [-0.39, 0.29) is 23.6 Å². The molecular weight excluding hydrogens is 490 g/mol. The van der Waals surface area contributed by atoms with Crippen molar-refractivity contribution < 1.29 is 27.9 Å².